The van der Waals surface area contributed by atoms with Crippen molar-refractivity contribution in [1.29, 1.82) is 0 Å². The Morgan fingerprint density at radius 3 is 0.955 bits per heavy atom. The summed E-state index contributed by atoms with van der Waals surface area (Å²) in [5.41, 5.74) is 24.7. The highest BCUT2D eigenvalue weighted by molar-refractivity contribution is 6.16. The second-order valence-corrected chi connectivity index (χ2v) is 28.1. The first-order valence-electron chi connectivity index (χ1n) is 37.5. The smallest absolute Gasteiger partial charge is 0.164 e. The van der Waals surface area contributed by atoms with Crippen LogP contribution in [-0.2, 0) is 0 Å². The monoisotopic (exact) mass is 1430 g/mol. The normalized spacial score (nSPS) is 11.6. The highest BCUT2D eigenvalue weighted by Crippen LogP contribution is 2.43. The van der Waals surface area contributed by atoms with Gasteiger partial charge in [-0.15, -0.1) is 0 Å². The Bertz CT molecular complexity index is 7260. The molecule has 10 heteroatoms. The largest absolute Gasteiger partial charge is 0.456 e. The summed E-state index contributed by atoms with van der Waals surface area (Å²) in [7, 11) is 0. The molecule has 0 aliphatic carbocycles. The van der Waals surface area contributed by atoms with Crippen molar-refractivity contribution in [3.8, 4) is 124 Å². The first-order chi connectivity index (χ1) is 55.5. The molecule has 22 aromatic rings. The van der Waals surface area contributed by atoms with Crippen LogP contribution in [0.5, 0.6) is 0 Å². The van der Waals surface area contributed by atoms with Crippen LogP contribution >= 0.6 is 0 Å². The number of hydrogen-bond donors (Lipinski definition) is 0. The molecule has 0 fully saturated rings. The van der Waals surface area contributed by atoms with Crippen molar-refractivity contribution in [2.24, 2.45) is 0 Å². The summed E-state index contributed by atoms with van der Waals surface area (Å²) < 4.78 is 17.3. The Kier molecular flexibility index (Phi) is 16.0. The van der Waals surface area contributed by atoms with Gasteiger partial charge in [-0.3, -0.25) is 0 Å². The van der Waals surface area contributed by atoms with E-state index in [9.17, 15) is 0 Å². The Morgan fingerprint density at radius 1 is 0.170 bits per heavy atom. The lowest BCUT2D eigenvalue weighted by molar-refractivity contribution is 0.668. The van der Waals surface area contributed by atoms with Gasteiger partial charge in [0.05, 0.1) is 22.1 Å². The molecular formula is C102H64N8O2. The molecule has 112 heavy (non-hydrogen) atoms. The molecule has 0 spiro atoms. The maximum atomic E-state index is 6.29. The lowest BCUT2D eigenvalue weighted by atomic mass is 9.99. The predicted molar refractivity (Wildman–Crippen MR) is 457 cm³/mol. The van der Waals surface area contributed by atoms with Crippen LogP contribution in [0.25, 0.3) is 212 Å². The fraction of sp³-hybridized carbons (Fsp3) is 0. The molecule has 0 radical (unpaired) electrons. The van der Waals surface area contributed by atoms with Gasteiger partial charge in [-0.05, 0) is 142 Å². The first-order valence-corrected chi connectivity index (χ1v) is 37.5. The van der Waals surface area contributed by atoms with Crippen molar-refractivity contribution in [2.45, 2.75) is 0 Å². The average molecular weight is 1430 g/mol. The third-order valence-electron chi connectivity index (χ3n) is 21.3. The third kappa shape index (κ3) is 11.8. The van der Waals surface area contributed by atoms with Crippen molar-refractivity contribution in [2.75, 3.05) is 0 Å². The lowest BCUT2D eigenvalue weighted by Crippen LogP contribution is -2.01. The van der Waals surface area contributed by atoms with Gasteiger partial charge in [0.25, 0.3) is 0 Å². The van der Waals surface area contributed by atoms with Crippen LogP contribution in [0.3, 0.4) is 0 Å². The topological polar surface area (TPSA) is 113 Å². The minimum atomic E-state index is 0.578. The molecule has 10 nitrogen and oxygen atoms in total. The van der Waals surface area contributed by atoms with Gasteiger partial charge in [0.15, 0.2) is 34.9 Å². The summed E-state index contributed by atoms with van der Waals surface area (Å²) in [6.07, 6.45) is 0. The fourth-order valence-corrected chi connectivity index (χ4v) is 15.9. The number of benzene rings is 16. The van der Waals surface area contributed by atoms with E-state index in [2.05, 4.69) is 312 Å². The van der Waals surface area contributed by atoms with Gasteiger partial charge in [-0.2, -0.15) is 0 Å². The van der Waals surface area contributed by atoms with Gasteiger partial charge < -0.3 is 18.0 Å². The van der Waals surface area contributed by atoms with E-state index in [1.54, 1.807) is 0 Å². The molecule has 0 amide bonds. The molecule has 0 atom stereocenters. The van der Waals surface area contributed by atoms with Gasteiger partial charge in [-0.1, -0.05) is 291 Å². The zero-order valence-corrected chi connectivity index (χ0v) is 60.3. The van der Waals surface area contributed by atoms with Crippen LogP contribution in [0, 0.1) is 0 Å². The number of fused-ring (bicyclic) bond motifs is 12. The van der Waals surface area contributed by atoms with Gasteiger partial charge in [-0.25, -0.2) is 29.9 Å². The molecule has 0 unspecified atom stereocenters. The first kappa shape index (κ1) is 65.1. The van der Waals surface area contributed by atoms with E-state index in [1.807, 2.05) is 84.9 Å². The molecule has 524 valence electrons. The van der Waals surface area contributed by atoms with Crippen molar-refractivity contribution in [3.05, 3.63) is 388 Å². The van der Waals surface area contributed by atoms with Crippen LogP contribution in [0.2, 0.25) is 0 Å². The maximum Gasteiger partial charge on any atom is 0.164 e. The lowest BCUT2D eigenvalue weighted by Gasteiger charge is -2.12. The maximum absolute atomic E-state index is 6.29. The molecule has 0 saturated carbocycles. The number of hydrogen-bond acceptors (Lipinski definition) is 8. The van der Waals surface area contributed by atoms with E-state index in [-0.39, 0.29) is 0 Å². The Morgan fingerprint density at radius 2 is 0.473 bits per heavy atom. The van der Waals surface area contributed by atoms with Crippen LogP contribution in [0.1, 0.15) is 0 Å². The van der Waals surface area contributed by atoms with Gasteiger partial charge in [0, 0.05) is 87.8 Å². The average Bonchev–Trinajstić information content (AvgIpc) is 1.58. The molecule has 0 aliphatic rings. The Labute approximate surface area is 643 Å². The Balaban J connectivity index is 0.000000141. The zero-order chi connectivity index (χ0) is 74.0. The molecule has 0 N–H and O–H groups in total. The predicted octanol–water partition coefficient (Wildman–Crippen LogP) is 26.4. The van der Waals surface area contributed by atoms with Crippen LogP contribution in [-0.4, -0.2) is 39.0 Å². The van der Waals surface area contributed by atoms with Crippen molar-refractivity contribution < 1.29 is 8.83 Å². The van der Waals surface area contributed by atoms with E-state index < -0.39 is 0 Å². The van der Waals surface area contributed by atoms with Crippen LogP contribution < -0.4 is 0 Å². The highest BCUT2D eigenvalue weighted by Gasteiger charge is 2.23. The Hall–Kier alpha value is -15.3. The van der Waals surface area contributed by atoms with E-state index in [0.29, 0.717) is 34.9 Å². The van der Waals surface area contributed by atoms with Crippen LogP contribution in [0.15, 0.2) is 397 Å². The number of aromatic nitrogens is 8. The van der Waals surface area contributed by atoms with E-state index in [1.165, 1.54) is 54.9 Å². The summed E-state index contributed by atoms with van der Waals surface area (Å²) in [4.78, 5) is 30.6. The molecule has 22 rings (SSSR count). The molecule has 0 bridgehead atoms. The van der Waals surface area contributed by atoms with E-state index in [4.69, 9.17) is 38.7 Å². The zero-order valence-electron chi connectivity index (χ0n) is 60.3. The molecule has 0 saturated heterocycles. The number of rotatable bonds is 12. The second-order valence-electron chi connectivity index (χ2n) is 28.1. The number of nitrogens with zero attached hydrogens (tertiary/aromatic N) is 8. The minimum absolute atomic E-state index is 0.578. The molecule has 6 aromatic heterocycles. The number of furan rings is 2. The quantitative estimate of drug-likeness (QED) is 0.119. The van der Waals surface area contributed by atoms with Crippen LogP contribution in [0.4, 0.5) is 0 Å². The van der Waals surface area contributed by atoms with E-state index >= 15 is 0 Å². The van der Waals surface area contributed by atoms with Gasteiger partial charge >= 0.3 is 0 Å². The SMILES string of the molecule is c1ccc(-c2ccc(-c3nc(-c4cccc(-n5c6ccccc6c6c(-c7ccccc7)cccc65)c4)nc(-c4ccc5c(c4)oc4ccccc45)n3)cc2)cc1.c1ccc(-c2ccc3c(c2)c2cc(-c4ccccc4)ccc2n3-c2cccc(-c3nc(-c4ccccc4)nc(-c4ccc5c(c4)oc4ccccc45)n3)c2)cc1. The van der Waals surface area contributed by atoms with Gasteiger partial charge in [0.1, 0.15) is 22.3 Å². The summed E-state index contributed by atoms with van der Waals surface area (Å²) >= 11 is 0. The molecular weight excluding hydrogens is 1370 g/mol. The molecule has 16 aromatic carbocycles. The minimum Gasteiger partial charge on any atom is -0.456 e. The third-order valence-corrected chi connectivity index (χ3v) is 21.3. The standard InChI is InChI=1S/2C51H32N4O/c1-4-13-33(14-5-1)36-24-27-45-43(30-36)44-31-37(34-15-6-2-7-16-34)25-28-46(44)55(45)40-20-12-19-38(29-40)50-52-49(35-17-8-3-9-18-35)53-51(54-50)39-23-26-42-41-21-10-11-22-47(41)56-48(42)32-39;1-3-13-33(14-4-1)34-25-27-36(28-26-34)49-52-50(54-51(53-49)38-29-30-42-41-19-8-10-24-46(41)56-47(42)32-38)37-17-11-18-39(31-37)55-44-22-9-7-20-43(44)48-40(21-12-23-45(48)55)35-15-5-2-6-16-35/h2*1-32H. The summed E-state index contributed by atoms with van der Waals surface area (Å²) in [5.74, 6) is 3.56. The fourth-order valence-electron chi connectivity index (χ4n) is 15.9. The van der Waals surface area contributed by atoms with Crippen molar-refractivity contribution in [3.63, 3.8) is 0 Å². The highest BCUT2D eigenvalue weighted by atomic mass is 16.3. The molecule has 6 heterocycles. The van der Waals surface area contributed by atoms with Crippen molar-refractivity contribution in [1.82, 2.24) is 39.0 Å². The van der Waals surface area contributed by atoms with E-state index in [0.717, 1.165) is 122 Å². The summed E-state index contributed by atoms with van der Waals surface area (Å²) in [6, 6.07) is 135. The number of para-hydroxylation sites is 3. The van der Waals surface area contributed by atoms with Crippen molar-refractivity contribution >= 4 is 87.5 Å². The summed E-state index contributed by atoms with van der Waals surface area (Å²) in [5, 5.41) is 9.12. The van der Waals surface area contributed by atoms with Gasteiger partial charge in [0.2, 0.25) is 0 Å². The second kappa shape index (κ2) is 27.5. The molecule has 0 aliphatic heterocycles. The summed E-state index contributed by atoms with van der Waals surface area (Å²) in [6.45, 7) is 0.